The van der Waals surface area contributed by atoms with E-state index in [1.807, 2.05) is 32.2 Å². The number of benzene rings is 1. The molecule has 0 unspecified atom stereocenters. The van der Waals surface area contributed by atoms with E-state index >= 15 is 0 Å². The first-order valence-electron chi connectivity index (χ1n) is 7.41. The molecule has 1 heterocycles. The number of urea groups is 1. The standard InChI is InChI=1S/C16H21N3O3S/c1-10-5-4-6-12(11(10)2)17-14(20)9-19-15(21)13(7-8-23-3)18-16(19)22/h4-6,13H,7-9H2,1-3H3,(H,17,20)(H,18,22)/t13-/m0/s1. The minimum atomic E-state index is -0.525. The van der Waals surface area contributed by atoms with Crippen LogP contribution in [0.2, 0.25) is 0 Å². The Morgan fingerprint density at radius 2 is 2.09 bits per heavy atom. The second-order valence-corrected chi connectivity index (χ2v) is 6.49. The Labute approximate surface area is 140 Å². The van der Waals surface area contributed by atoms with E-state index in [2.05, 4.69) is 10.6 Å². The fraction of sp³-hybridized carbons (Fsp3) is 0.438. The van der Waals surface area contributed by atoms with Gasteiger partial charge in [-0.25, -0.2) is 4.79 Å². The van der Waals surface area contributed by atoms with Gasteiger partial charge >= 0.3 is 6.03 Å². The van der Waals surface area contributed by atoms with Gasteiger partial charge in [-0.3, -0.25) is 14.5 Å². The van der Waals surface area contributed by atoms with Crippen molar-refractivity contribution in [3.05, 3.63) is 29.3 Å². The summed E-state index contributed by atoms with van der Waals surface area (Å²) in [5.41, 5.74) is 2.73. The average molecular weight is 335 g/mol. The number of aryl methyl sites for hydroxylation is 1. The fourth-order valence-corrected chi connectivity index (χ4v) is 2.85. The Kier molecular flexibility index (Phi) is 5.65. The van der Waals surface area contributed by atoms with E-state index in [1.165, 1.54) is 0 Å². The molecule has 1 saturated heterocycles. The topological polar surface area (TPSA) is 78.5 Å². The maximum Gasteiger partial charge on any atom is 0.325 e. The van der Waals surface area contributed by atoms with Crippen LogP contribution in [0.3, 0.4) is 0 Å². The lowest BCUT2D eigenvalue weighted by Crippen LogP contribution is -2.38. The first-order chi connectivity index (χ1) is 10.9. The molecule has 7 heteroatoms. The van der Waals surface area contributed by atoms with Crippen molar-refractivity contribution in [2.75, 3.05) is 23.9 Å². The zero-order valence-corrected chi connectivity index (χ0v) is 14.3. The maximum atomic E-state index is 12.2. The van der Waals surface area contributed by atoms with Gasteiger partial charge in [-0.2, -0.15) is 11.8 Å². The van der Waals surface area contributed by atoms with Crippen LogP contribution in [0.1, 0.15) is 17.5 Å². The number of carbonyl (C=O) groups is 3. The summed E-state index contributed by atoms with van der Waals surface area (Å²) in [5, 5.41) is 5.38. The Morgan fingerprint density at radius 3 is 2.78 bits per heavy atom. The molecule has 1 aliphatic heterocycles. The summed E-state index contributed by atoms with van der Waals surface area (Å²) in [6.07, 6.45) is 2.51. The van der Waals surface area contributed by atoms with Crippen LogP contribution in [0.15, 0.2) is 18.2 Å². The van der Waals surface area contributed by atoms with Crippen molar-refractivity contribution < 1.29 is 14.4 Å². The fourth-order valence-electron chi connectivity index (χ4n) is 2.38. The van der Waals surface area contributed by atoms with Crippen LogP contribution in [0.25, 0.3) is 0 Å². The summed E-state index contributed by atoms with van der Waals surface area (Å²) < 4.78 is 0. The molecular weight excluding hydrogens is 314 g/mol. The molecule has 0 bridgehead atoms. The predicted molar refractivity (Wildman–Crippen MR) is 91.6 cm³/mol. The molecule has 0 radical (unpaired) electrons. The van der Waals surface area contributed by atoms with Gasteiger partial charge in [-0.05, 0) is 49.5 Å². The molecule has 0 saturated carbocycles. The molecule has 2 rings (SSSR count). The van der Waals surface area contributed by atoms with E-state index in [1.54, 1.807) is 17.8 Å². The summed E-state index contributed by atoms with van der Waals surface area (Å²) in [4.78, 5) is 37.2. The summed E-state index contributed by atoms with van der Waals surface area (Å²) in [5.74, 6) is 0.0621. The van der Waals surface area contributed by atoms with E-state index in [0.29, 0.717) is 12.1 Å². The smallest absolute Gasteiger partial charge is 0.325 e. The number of rotatable bonds is 6. The Balaban J connectivity index is 1.98. The third-order valence-electron chi connectivity index (χ3n) is 3.90. The molecule has 1 aromatic carbocycles. The van der Waals surface area contributed by atoms with Crippen LogP contribution in [-0.4, -0.2) is 47.3 Å². The number of carbonyl (C=O) groups excluding carboxylic acids is 3. The second kappa shape index (κ2) is 7.50. The highest BCUT2D eigenvalue weighted by molar-refractivity contribution is 7.98. The summed E-state index contributed by atoms with van der Waals surface area (Å²) in [7, 11) is 0. The Bertz CT molecular complexity index is 633. The van der Waals surface area contributed by atoms with Gasteiger partial charge in [0, 0.05) is 5.69 Å². The Hall–Kier alpha value is -2.02. The van der Waals surface area contributed by atoms with Gasteiger partial charge in [0.15, 0.2) is 0 Å². The summed E-state index contributed by atoms with van der Waals surface area (Å²) >= 11 is 1.61. The van der Waals surface area contributed by atoms with E-state index < -0.39 is 12.1 Å². The molecule has 1 aliphatic rings. The van der Waals surface area contributed by atoms with Crippen molar-refractivity contribution in [3.8, 4) is 0 Å². The minimum Gasteiger partial charge on any atom is -0.326 e. The van der Waals surface area contributed by atoms with Gasteiger partial charge < -0.3 is 10.6 Å². The average Bonchev–Trinajstić information content (AvgIpc) is 2.77. The highest BCUT2D eigenvalue weighted by Crippen LogP contribution is 2.18. The summed E-state index contributed by atoms with van der Waals surface area (Å²) in [6, 6.07) is 4.58. The highest BCUT2D eigenvalue weighted by atomic mass is 32.2. The molecule has 2 N–H and O–H groups in total. The van der Waals surface area contributed by atoms with Crippen LogP contribution >= 0.6 is 11.8 Å². The lowest BCUT2D eigenvalue weighted by atomic mass is 10.1. The molecule has 1 fully saturated rings. The van der Waals surface area contributed by atoms with Gasteiger partial charge in [0.1, 0.15) is 12.6 Å². The van der Waals surface area contributed by atoms with Crippen molar-refractivity contribution in [3.63, 3.8) is 0 Å². The van der Waals surface area contributed by atoms with Gasteiger partial charge in [-0.1, -0.05) is 12.1 Å². The molecule has 1 atom stereocenters. The first-order valence-corrected chi connectivity index (χ1v) is 8.80. The molecule has 0 aromatic heterocycles. The molecule has 0 spiro atoms. The van der Waals surface area contributed by atoms with E-state index in [-0.39, 0.29) is 18.4 Å². The number of amides is 4. The summed E-state index contributed by atoms with van der Waals surface area (Å²) in [6.45, 7) is 3.60. The van der Waals surface area contributed by atoms with Crippen molar-refractivity contribution in [1.82, 2.24) is 10.2 Å². The number of hydrogen-bond donors (Lipinski definition) is 2. The molecule has 4 amide bonds. The van der Waals surface area contributed by atoms with Crippen molar-refractivity contribution in [2.24, 2.45) is 0 Å². The Morgan fingerprint density at radius 1 is 1.35 bits per heavy atom. The van der Waals surface area contributed by atoms with Gasteiger partial charge in [-0.15, -0.1) is 0 Å². The van der Waals surface area contributed by atoms with Gasteiger partial charge in [0.25, 0.3) is 5.91 Å². The third-order valence-corrected chi connectivity index (χ3v) is 4.54. The van der Waals surface area contributed by atoms with Crippen LogP contribution < -0.4 is 10.6 Å². The minimum absolute atomic E-state index is 0.270. The second-order valence-electron chi connectivity index (χ2n) is 5.50. The largest absolute Gasteiger partial charge is 0.326 e. The van der Waals surface area contributed by atoms with Crippen LogP contribution in [-0.2, 0) is 9.59 Å². The number of thioether (sulfide) groups is 1. The highest BCUT2D eigenvalue weighted by Gasteiger charge is 2.38. The first kappa shape index (κ1) is 17.3. The van der Waals surface area contributed by atoms with Crippen molar-refractivity contribution in [2.45, 2.75) is 26.3 Å². The van der Waals surface area contributed by atoms with Gasteiger partial charge in [0.05, 0.1) is 0 Å². The lowest BCUT2D eigenvalue weighted by molar-refractivity contribution is -0.130. The number of imide groups is 1. The van der Waals surface area contributed by atoms with E-state index in [0.717, 1.165) is 21.8 Å². The molecule has 0 aliphatic carbocycles. The monoisotopic (exact) mass is 335 g/mol. The number of hydrogen-bond acceptors (Lipinski definition) is 4. The lowest BCUT2D eigenvalue weighted by Gasteiger charge is -2.14. The quantitative estimate of drug-likeness (QED) is 0.779. The molecule has 6 nitrogen and oxygen atoms in total. The predicted octanol–water partition coefficient (Wildman–Crippen LogP) is 1.92. The van der Waals surface area contributed by atoms with Crippen LogP contribution in [0, 0.1) is 13.8 Å². The molecule has 124 valence electrons. The SMILES string of the molecule is CSCC[C@@H]1NC(=O)N(CC(=O)Nc2cccc(C)c2C)C1=O. The number of nitrogens with zero attached hydrogens (tertiary/aromatic N) is 1. The van der Waals surface area contributed by atoms with Crippen molar-refractivity contribution >= 4 is 35.3 Å². The zero-order chi connectivity index (χ0) is 17.0. The maximum absolute atomic E-state index is 12.2. The number of nitrogens with one attached hydrogen (secondary N) is 2. The normalized spacial score (nSPS) is 17.3. The molecular formula is C16H21N3O3S. The van der Waals surface area contributed by atoms with Gasteiger partial charge in [0.2, 0.25) is 5.91 Å². The third kappa shape index (κ3) is 4.04. The van der Waals surface area contributed by atoms with Crippen LogP contribution in [0.5, 0.6) is 0 Å². The zero-order valence-electron chi connectivity index (χ0n) is 13.5. The molecule has 23 heavy (non-hydrogen) atoms. The van der Waals surface area contributed by atoms with E-state index in [4.69, 9.17) is 0 Å². The molecule has 1 aromatic rings. The van der Waals surface area contributed by atoms with Crippen molar-refractivity contribution in [1.29, 1.82) is 0 Å². The number of anilines is 1. The van der Waals surface area contributed by atoms with E-state index in [9.17, 15) is 14.4 Å². The van der Waals surface area contributed by atoms with Crippen LogP contribution in [0.4, 0.5) is 10.5 Å².